The average molecular weight is 292 g/mol. The summed E-state index contributed by atoms with van der Waals surface area (Å²) in [5.41, 5.74) is 0. The van der Waals surface area contributed by atoms with Crippen LogP contribution in [0, 0.1) is 5.92 Å². The quantitative estimate of drug-likeness (QED) is 0.810. The summed E-state index contributed by atoms with van der Waals surface area (Å²) in [4.78, 5) is 23.9. The van der Waals surface area contributed by atoms with Gasteiger partial charge in [0.1, 0.15) is 6.04 Å². The van der Waals surface area contributed by atoms with Crippen molar-refractivity contribution in [1.82, 2.24) is 4.90 Å². The number of hydrogen-bond acceptors (Lipinski definition) is 3. The second kappa shape index (κ2) is 7.10. The van der Waals surface area contributed by atoms with E-state index in [9.17, 15) is 14.7 Å². The normalized spacial score (nSPS) is 30.4. The Morgan fingerprint density at radius 2 is 1.84 bits per heavy atom. The van der Waals surface area contributed by atoms with Gasteiger partial charge in [-0.25, -0.2) is 0 Å². The molecule has 2 fully saturated rings. The summed E-state index contributed by atoms with van der Waals surface area (Å²) in [5.74, 6) is -1.05. The van der Waals surface area contributed by atoms with Gasteiger partial charge in [0.05, 0.1) is 0 Å². The van der Waals surface area contributed by atoms with Gasteiger partial charge in [0.2, 0.25) is 0 Å². The molecule has 0 aromatic heterocycles. The Labute approximate surface area is 119 Å². The third-order valence-electron chi connectivity index (χ3n) is 4.31. The fourth-order valence-corrected chi connectivity index (χ4v) is 3.53. The number of nitrogens with zero attached hydrogens (tertiary/aromatic N) is 1. The molecule has 0 spiro atoms. The van der Waals surface area contributed by atoms with E-state index in [4.69, 9.17) is 5.11 Å². The summed E-state index contributed by atoms with van der Waals surface area (Å²) in [5, 5.41) is 17.9. The minimum absolute atomic E-state index is 0. The molecule has 5 nitrogen and oxygen atoms in total. The first-order chi connectivity index (χ1) is 8.59. The van der Waals surface area contributed by atoms with Gasteiger partial charge in [-0.3, -0.25) is 14.5 Å². The van der Waals surface area contributed by atoms with Gasteiger partial charge < -0.3 is 10.2 Å². The van der Waals surface area contributed by atoms with Gasteiger partial charge in [-0.15, -0.1) is 12.4 Å². The number of rotatable bonds is 5. The maximum atomic E-state index is 11.3. The topological polar surface area (TPSA) is 77.8 Å². The van der Waals surface area contributed by atoms with Crippen molar-refractivity contribution in [3.63, 3.8) is 0 Å². The lowest BCUT2D eigenvalue weighted by atomic mass is 9.85. The molecule has 0 amide bonds. The van der Waals surface area contributed by atoms with Crippen molar-refractivity contribution in [3.8, 4) is 0 Å². The fraction of sp³-hybridized carbons (Fsp3) is 0.846. The number of carboxylic acids is 2. The molecule has 2 aliphatic rings. The minimum Gasteiger partial charge on any atom is -0.481 e. The van der Waals surface area contributed by atoms with Crippen molar-refractivity contribution in [2.45, 2.75) is 57.0 Å². The van der Waals surface area contributed by atoms with Gasteiger partial charge >= 0.3 is 11.9 Å². The zero-order chi connectivity index (χ0) is 13.1. The molecule has 0 bridgehead atoms. The Balaban J connectivity index is 0.00000180. The zero-order valence-corrected chi connectivity index (χ0v) is 11.8. The molecule has 2 N–H and O–H groups in total. The second-order valence-corrected chi connectivity index (χ2v) is 5.44. The molecule has 1 saturated carbocycles. The summed E-state index contributed by atoms with van der Waals surface area (Å²) >= 11 is 0. The largest absolute Gasteiger partial charge is 0.481 e. The smallest absolute Gasteiger partial charge is 0.320 e. The molecule has 2 rings (SSSR count). The number of carboxylic acid groups (broad SMARTS) is 2. The summed E-state index contributed by atoms with van der Waals surface area (Å²) in [6.45, 7) is 0.602. The van der Waals surface area contributed by atoms with E-state index >= 15 is 0 Å². The Kier molecular flexibility index (Phi) is 6.07. The predicted octanol–water partition coefficient (Wildman–Crippen LogP) is 1.99. The SMILES string of the molecule is Cl.O=C(O)CCCN1C(C(=O)O)CC2CCCCC21. The highest BCUT2D eigenvalue weighted by Crippen LogP contribution is 2.39. The second-order valence-electron chi connectivity index (χ2n) is 5.44. The molecule has 6 heteroatoms. The maximum Gasteiger partial charge on any atom is 0.320 e. The lowest BCUT2D eigenvalue weighted by Crippen LogP contribution is -2.42. The first-order valence-electron chi connectivity index (χ1n) is 6.80. The van der Waals surface area contributed by atoms with Crippen molar-refractivity contribution in [3.05, 3.63) is 0 Å². The Bertz CT molecular complexity index is 337. The first kappa shape index (κ1) is 16.2. The monoisotopic (exact) mass is 291 g/mol. The molecular weight excluding hydrogens is 270 g/mol. The number of aliphatic carboxylic acids is 2. The highest BCUT2D eigenvalue weighted by Gasteiger charge is 2.44. The highest BCUT2D eigenvalue weighted by molar-refractivity contribution is 5.85. The van der Waals surface area contributed by atoms with E-state index in [1.807, 2.05) is 0 Å². The molecule has 3 unspecified atom stereocenters. The number of fused-ring (bicyclic) bond motifs is 1. The van der Waals surface area contributed by atoms with Gasteiger partial charge in [0.25, 0.3) is 0 Å². The molecule has 1 saturated heterocycles. The van der Waals surface area contributed by atoms with Crippen LogP contribution >= 0.6 is 12.4 Å². The molecule has 3 atom stereocenters. The summed E-state index contributed by atoms with van der Waals surface area (Å²) < 4.78 is 0. The van der Waals surface area contributed by atoms with Gasteiger partial charge in [0, 0.05) is 12.5 Å². The van der Waals surface area contributed by atoms with Crippen molar-refractivity contribution >= 4 is 24.3 Å². The summed E-state index contributed by atoms with van der Waals surface area (Å²) in [6.07, 6.45) is 5.99. The third kappa shape index (κ3) is 3.83. The van der Waals surface area contributed by atoms with Crippen LogP contribution in [0.5, 0.6) is 0 Å². The molecule has 110 valence electrons. The van der Waals surface area contributed by atoms with E-state index in [-0.39, 0.29) is 18.8 Å². The highest BCUT2D eigenvalue weighted by atomic mass is 35.5. The number of hydrogen-bond donors (Lipinski definition) is 2. The van der Waals surface area contributed by atoms with E-state index < -0.39 is 18.0 Å². The fourth-order valence-electron chi connectivity index (χ4n) is 3.53. The van der Waals surface area contributed by atoms with Gasteiger partial charge in [-0.05, 0) is 38.1 Å². The molecule has 0 radical (unpaired) electrons. The van der Waals surface area contributed by atoms with E-state index in [1.54, 1.807) is 0 Å². The minimum atomic E-state index is -0.804. The molecule has 19 heavy (non-hydrogen) atoms. The van der Waals surface area contributed by atoms with E-state index in [2.05, 4.69) is 4.90 Å². The van der Waals surface area contributed by atoms with Crippen LogP contribution < -0.4 is 0 Å². The third-order valence-corrected chi connectivity index (χ3v) is 4.31. The van der Waals surface area contributed by atoms with Gasteiger partial charge in [-0.1, -0.05) is 12.8 Å². The van der Waals surface area contributed by atoms with Crippen molar-refractivity contribution in [2.24, 2.45) is 5.92 Å². The Morgan fingerprint density at radius 1 is 1.16 bits per heavy atom. The number of halogens is 1. The standard InChI is InChI=1S/C13H21NO4.ClH/c15-12(16)6-3-7-14-10-5-2-1-4-9(10)8-11(14)13(17)18;/h9-11H,1-8H2,(H,15,16)(H,17,18);1H. The predicted molar refractivity (Wildman–Crippen MR) is 72.6 cm³/mol. The van der Waals surface area contributed by atoms with Crippen molar-refractivity contribution in [1.29, 1.82) is 0 Å². The first-order valence-corrected chi connectivity index (χ1v) is 6.80. The van der Waals surface area contributed by atoms with Crippen molar-refractivity contribution < 1.29 is 19.8 Å². The Morgan fingerprint density at radius 3 is 2.47 bits per heavy atom. The average Bonchev–Trinajstić information content (AvgIpc) is 2.68. The number of likely N-dealkylation sites (tertiary alicyclic amines) is 1. The van der Waals surface area contributed by atoms with Crippen LogP contribution in [0.25, 0.3) is 0 Å². The van der Waals surface area contributed by atoms with E-state index in [1.165, 1.54) is 12.8 Å². The van der Waals surface area contributed by atoms with Crippen LogP contribution in [-0.2, 0) is 9.59 Å². The van der Waals surface area contributed by atoms with Crippen LogP contribution in [-0.4, -0.2) is 45.7 Å². The lowest BCUT2D eigenvalue weighted by molar-refractivity contribution is -0.142. The van der Waals surface area contributed by atoms with Crippen molar-refractivity contribution in [2.75, 3.05) is 6.54 Å². The summed E-state index contributed by atoms with van der Waals surface area (Å²) in [7, 11) is 0. The zero-order valence-electron chi connectivity index (χ0n) is 11.0. The van der Waals surface area contributed by atoms with Crippen LogP contribution in [0.4, 0.5) is 0 Å². The number of carbonyl (C=O) groups is 2. The molecule has 0 aromatic rings. The molecule has 1 aliphatic carbocycles. The van der Waals surface area contributed by atoms with E-state index in [0.717, 1.165) is 19.3 Å². The summed E-state index contributed by atoms with van der Waals surface area (Å²) in [6, 6.07) is -0.0273. The molecule has 1 heterocycles. The van der Waals surface area contributed by atoms with Gasteiger partial charge in [0.15, 0.2) is 0 Å². The Hall–Kier alpha value is -0.810. The van der Waals surface area contributed by atoms with Crippen LogP contribution in [0.1, 0.15) is 44.9 Å². The molecule has 0 aromatic carbocycles. The van der Waals surface area contributed by atoms with Crippen LogP contribution in [0.2, 0.25) is 0 Å². The van der Waals surface area contributed by atoms with Gasteiger partial charge in [-0.2, -0.15) is 0 Å². The lowest BCUT2D eigenvalue weighted by Gasteiger charge is -2.32. The van der Waals surface area contributed by atoms with Crippen LogP contribution in [0.15, 0.2) is 0 Å². The van der Waals surface area contributed by atoms with Crippen LogP contribution in [0.3, 0.4) is 0 Å². The molecular formula is C13H22ClNO4. The van der Waals surface area contributed by atoms with E-state index in [0.29, 0.717) is 24.9 Å². The molecule has 1 aliphatic heterocycles. The maximum absolute atomic E-state index is 11.3.